The van der Waals surface area contributed by atoms with Crippen LogP contribution in [0.15, 0.2) is 54.6 Å². The highest BCUT2D eigenvalue weighted by atomic mass is 16.3. The van der Waals surface area contributed by atoms with Gasteiger partial charge in [-0.05, 0) is 42.5 Å². The molecule has 4 nitrogen and oxygen atoms in total. The number of nitrogens with two attached hydrogens (primary N) is 1. The van der Waals surface area contributed by atoms with E-state index in [1.807, 2.05) is 42.5 Å². The summed E-state index contributed by atoms with van der Waals surface area (Å²) in [6, 6.07) is 16.5. The van der Waals surface area contributed by atoms with E-state index in [0.29, 0.717) is 11.3 Å². The third-order valence-electron chi connectivity index (χ3n) is 2.88. The lowest BCUT2D eigenvalue weighted by Gasteiger charge is -2.07. The molecule has 1 heterocycles. The first-order chi connectivity index (χ1) is 9.22. The molecule has 4 heteroatoms. The Labute approximate surface area is 110 Å². The number of hydrogen-bond donors (Lipinski definition) is 3. The fourth-order valence-corrected chi connectivity index (χ4v) is 1.92. The number of fused-ring (bicyclic) bond motifs is 1. The molecule has 3 aromatic rings. The van der Waals surface area contributed by atoms with Gasteiger partial charge in [-0.15, -0.1) is 0 Å². The summed E-state index contributed by atoms with van der Waals surface area (Å²) in [4.78, 5) is 4.40. The molecule has 0 bridgehead atoms. The molecule has 0 aliphatic heterocycles. The van der Waals surface area contributed by atoms with Crippen LogP contribution in [-0.4, -0.2) is 10.1 Å². The predicted molar refractivity (Wildman–Crippen MR) is 77.5 cm³/mol. The quantitative estimate of drug-likeness (QED) is 0.611. The van der Waals surface area contributed by atoms with E-state index in [4.69, 9.17) is 5.73 Å². The molecular formula is C15H13N3O. The summed E-state index contributed by atoms with van der Waals surface area (Å²) in [5, 5.41) is 13.9. The minimum Gasteiger partial charge on any atom is -0.506 e. The van der Waals surface area contributed by atoms with E-state index < -0.39 is 0 Å². The summed E-state index contributed by atoms with van der Waals surface area (Å²) < 4.78 is 0. The van der Waals surface area contributed by atoms with Gasteiger partial charge in [0.15, 0.2) is 0 Å². The highest BCUT2D eigenvalue weighted by Gasteiger charge is 2.02. The molecule has 4 N–H and O–H groups in total. The van der Waals surface area contributed by atoms with Crippen molar-refractivity contribution in [3.05, 3.63) is 54.6 Å². The summed E-state index contributed by atoms with van der Waals surface area (Å²) in [6.07, 6.45) is 0. The van der Waals surface area contributed by atoms with Gasteiger partial charge < -0.3 is 16.2 Å². The molecule has 1 aromatic heterocycles. The normalized spacial score (nSPS) is 10.5. The second-order valence-corrected chi connectivity index (χ2v) is 4.29. The average molecular weight is 251 g/mol. The van der Waals surface area contributed by atoms with Gasteiger partial charge in [-0.1, -0.05) is 12.1 Å². The smallest absolute Gasteiger partial charge is 0.141 e. The summed E-state index contributed by atoms with van der Waals surface area (Å²) in [6.45, 7) is 0. The SMILES string of the molecule is Nc1ccc(Nc2ccc3cccc(O)c3n2)cc1. The molecule has 0 unspecified atom stereocenters. The number of rotatable bonds is 2. The van der Waals surface area contributed by atoms with Crippen LogP contribution in [0.5, 0.6) is 5.75 Å². The van der Waals surface area contributed by atoms with E-state index in [9.17, 15) is 5.11 Å². The Balaban J connectivity index is 1.97. The Kier molecular flexibility index (Phi) is 2.68. The maximum atomic E-state index is 9.79. The van der Waals surface area contributed by atoms with Crippen LogP contribution in [0.25, 0.3) is 10.9 Å². The minimum absolute atomic E-state index is 0.179. The fourth-order valence-electron chi connectivity index (χ4n) is 1.92. The molecule has 0 saturated heterocycles. The number of aromatic hydroxyl groups is 1. The third-order valence-corrected chi connectivity index (χ3v) is 2.88. The number of nitrogens with zero attached hydrogens (tertiary/aromatic N) is 1. The van der Waals surface area contributed by atoms with Crippen LogP contribution in [0.1, 0.15) is 0 Å². The van der Waals surface area contributed by atoms with Crippen LogP contribution < -0.4 is 11.1 Å². The molecular weight excluding hydrogens is 238 g/mol. The van der Waals surface area contributed by atoms with Crippen LogP contribution in [-0.2, 0) is 0 Å². The van der Waals surface area contributed by atoms with E-state index in [-0.39, 0.29) is 5.75 Å². The molecule has 94 valence electrons. The van der Waals surface area contributed by atoms with E-state index in [1.54, 1.807) is 12.1 Å². The van der Waals surface area contributed by atoms with Gasteiger partial charge in [0.05, 0.1) is 0 Å². The van der Waals surface area contributed by atoms with Crippen molar-refractivity contribution in [3.8, 4) is 5.75 Å². The molecule has 2 aromatic carbocycles. The van der Waals surface area contributed by atoms with Gasteiger partial charge in [-0.3, -0.25) is 0 Å². The summed E-state index contributed by atoms with van der Waals surface area (Å²) >= 11 is 0. The van der Waals surface area contributed by atoms with Gasteiger partial charge in [0.1, 0.15) is 17.1 Å². The van der Waals surface area contributed by atoms with Gasteiger partial charge in [-0.25, -0.2) is 4.98 Å². The first kappa shape index (κ1) is 11.3. The molecule has 0 amide bonds. The van der Waals surface area contributed by atoms with Crippen LogP contribution in [0.3, 0.4) is 0 Å². The maximum Gasteiger partial charge on any atom is 0.141 e. The van der Waals surface area contributed by atoms with Gasteiger partial charge in [0.2, 0.25) is 0 Å². The van der Waals surface area contributed by atoms with E-state index >= 15 is 0 Å². The first-order valence-electron chi connectivity index (χ1n) is 5.94. The van der Waals surface area contributed by atoms with Gasteiger partial charge in [-0.2, -0.15) is 0 Å². The molecule has 0 radical (unpaired) electrons. The van der Waals surface area contributed by atoms with Crippen molar-refractivity contribution in [1.29, 1.82) is 0 Å². The third kappa shape index (κ3) is 2.28. The molecule has 0 saturated carbocycles. The summed E-state index contributed by atoms with van der Waals surface area (Å²) in [7, 11) is 0. The van der Waals surface area contributed by atoms with Crippen LogP contribution in [0.4, 0.5) is 17.2 Å². The van der Waals surface area contributed by atoms with Crippen molar-refractivity contribution in [2.75, 3.05) is 11.1 Å². The zero-order valence-electron chi connectivity index (χ0n) is 10.2. The van der Waals surface area contributed by atoms with Crippen LogP contribution in [0.2, 0.25) is 0 Å². The zero-order chi connectivity index (χ0) is 13.2. The molecule has 3 rings (SSSR count). The highest BCUT2D eigenvalue weighted by Crippen LogP contribution is 2.25. The largest absolute Gasteiger partial charge is 0.506 e. The van der Waals surface area contributed by atoms with E-state index in [0.717, 1.165) is 16.8 Å². The monoisotopic (exact) mass is 251 g/mol. The minimum atomic E-state index is 0.179. The second kappa shape index (κ2) is 4.49. The van der Waals surface area contributed by atoms with Crippen molar-refractivity contribution in [3.63, 3.8) is 0 Å². The number of aromatic nitrogens is 1. The van der Waals surface area contributed by atoms with Crippen molar-refractivity contribution in [1.82, 2.24) is 4.98 Å². The molecule has 19 heavy (non-hydrogen) atoms. The predicted octanol–water partition coefficient (Wildman–Crippen LogP) is 3.27. The lowest BCUT2D eigenvalue weighted by molar-refractivity contribution is 0.480. The summed E-state index contributed by atoms with van der Waals surface area (Å²) in [5.41, 5.74) is 7.84. The van der Waals surface area contributed by atoms with Crippen molar-refractivity contribution < 1.29 is 5.11 Å². The lowest BCUT2D eigenvalue weighted by Crippen LogP contribution is -1.94. The topological polar surface area (TPSA) is 71.2 Å². The number of phenols is 1. The van der Waals surface area contributed by atoms with Crippen molar-refractivity contribution in [2.24, 2.45) is 0 Å². The van der Waals surface area contributed by atoms with E-state index in [1.165, 1.54) is 0 Å². The number of nitrogen functional groups attached to an aromatic ring is 1. The number of benzene rings is 2. The molecule has 0 spiro atoms. The molecule has 0 fully saturated rings. The highest BCUT2D eigenvalue weighted by molar-refractivity contribution is 5.85. The Bertz CT molecular complexity index is 723. The van der Waals surface area contributed by atoms with Gasteiger partial charge in [0.25, 0.3) is 0 Å². The number of pyridine rings is 1. The van der Waals surface area contributed by atoms with Crippen LogP contribution in [0, 0.1) is 0 Å². The Hall–Kier alpha value is -2.75. The molecule has 0 aliphatic carbocycles. The number of nitrogens with one attached hydrogen (secondary N) is 1. The second-order valence-electron chi connectivity index (χ2n) is 4.29. The Morgan fingerprint density at radius 1 is 0.947 bits per heavy atom. The fraction of sp³-hybridized carbons (Fsp3) is 0. The van der Waals surface area contributed by atoms with Crippen molar-refractivity contribution >= 4 is 28.1 Å². The van der Waals surface area contributed by atoms with Gasteiger partial charge >= 0.3 is 0 Å². The van der Waals surface area contributed by atoms with E-state index in [2.05, 4.69) is 10.3 Å². The first-order valence-corrected chi connectivity index (χ1v) is 5.94. The molecule has 0 atom stereocenters. The average Bonchev–Trinajstić information content (AvgIpc) is 2.42. The Morgan fingerprint density at radius 2 is 1.74 bits per heavy atom. The molecule has 0 aliphatic rings. The van der Waals surface area contributed by atoms with Crippen molar-refractivity contribution in [2.45, 2.75) is 0 Å². The lowest BCUT2D eigenvalue weighted by atomic mass is 10.2. The Morgan fingerprint density at radius 3 is 2.53 bits per heavy atom. The van der Waals surface area contributed by atoms with Crippen LogP contribution >= 0.6 is 0 Å². The number of hydrogen-bond acceptors (Lipinski definition) is 4. The number of anilines is 3. The maximum absolute atomic E-state index is 9.79. The zero-order valence-corrected chi connectivity index (χ0v) is 10.2. The van der Waals surface area contributed by atoms with Gasteiger partial charge in [0, 0.05) is 16.8 Å². The standard InChI is InChI=1S/C15H13N3O/c16-11-5-7-12(8-6-11)17-14-9-4-10-2-1-3-13(19)15(10)18-14/h1-9,19H,16H2,(H,17,18). The summed E-state index contributed by atoms with van der Waals surface area (Å²) in [5.74, 6) is 0.859. The number of para-hydroxylation sites is 1. The number of phenolic OH excluding ortho intramolecular Hbond substituents is 1.